The molecular weight excluding hydrogens is 348 g/mol. The van der Waals surface area contributed by atoms with Gasteiger partial charge >= 0.3 is 0 Å². The maximum Gasteiger partial charge on any atom is 0.116 e. The number of nitrogens with one attached hydrogen (secondary N) is 1. The molecule has 2 aromatic carbocycles. The fraction of sp³-hybridized carbons (Fsp3) is 0.136. The standard InChI is InChI=1S/C22H20N6/c1-14(23)22(16-5-3-2-4-6-16)28-20-12-19-18(25-13-26-19)11-17(20)21(27-28)15-7-9-24-10-8-15/h2-14,22,27H,23H2,1H3. The van der Waals surface area contributed by atoms with Crippen molar-refractivity contribution >= 4 is 21.9 Å². The number of imidazole rings is 1. The molecule has 0 aliphatic carbocycles. The molecule has 0 aliphatic heterocycles. The van der Waals surface area contributed by atoms with Crippen LogP contribution in [0.3, 0.4) is 0 Å². The summed E-state index contributed by atoms with van der Waals surface area (Å²) in [6.45, 7) is 2.03. The number of aromatic amines is 1. The van der Waals surface area contributed by atoms with Gasteiger partial charge in [0.1, 0.15) is 6.33 Å². The molecule has 5 rings (SSSR count). The molecule has 0 aliphatic rings. The summed E-state index contributed by atoms with van der Waals surface area (Å²) in [5.41, 5.74) is 12.5. The first-order chi connectivity index (χ1) is 13.7. The fourth-order valence-electron chi connectivity index (χ4n) is 3.86. The van der Waals surface area contributed by atoms with Gasteiger partial charge in [-0.2, -0.15) is 0 Å². The lowest BCUT2D eigenvalue weighted by atomic mass is 10.0. The minimum Gasteiger partial charge on any atom is -0.326 e. The highest BCUT2D eigenvalue weighted by Crippen LogP contribution is 2.34. The normalized spacial score (nSPS) is 13.8. The summed E-state index contributed by atoms with van der Waals surface area (Å²) in [6.07, 6.45) is 5.20. The van der Waals surface area contributed by atoms with E-state index in [0.29, 0.717) is 0 Å². The van der Waals surface area contributed by atoms with Crippen molar-refractivity contribution in [2.24, 2.45) is 5.73 Å². The average molecular weight is 368 g/mol. The van der Waals surface area contributed by atoms with Crippen LogP contribution >= 0.6 is 0 Å². The Balaban J connectivity index is 1.83. The van der Waals surface area contributed by atoms with E-state index in [9.17, 15) is 0 Å². The number of nitrogens with two attached hydrogens (primary N) is 1. The van der Waals surface area contributed by atoms with Crippen LogP contribution < -0.4 is 5.73 Å². The van der Waals surface area contributed by atoms with Crippen molar-refractivity contribution in [2.75, 3.05) is 0 Å². The molecule has 0 amide bonds. The van der Waals surface area contributed by atoms with Crippen molar-refractivity contribution in [3.05, 3.63) is 78.9 Å². The lowest BCUT2D eigenvalue weighted by Crippen LogP contribution is -2.31. The molecule has 2 unspecified atom stereocenters. The molecule has 3 N–H and O–H groups in total. The van der Waals surface area contributed by atoms with Gasteiger partial charge in [0, 0.05) is 29.4 Å². The van der Waals surface area contributed by atoms with Crippen LogP contribution in [0.25, 0.3) is 33.2 Å². The Hall–Kier alpha value is -3.51. The van der Waals surface area contributed by atoms with Crippen LogP contribution in [0.15, 0.2) is 73.3 Å². The first-order valence-electron chi connectivity index (χ1n) is 9.28. The van der Waals surface area contributed by atoms with Crippen LogP contribution in [0.2, 0.25) is 0 Å². The molecule has 28 heavy (non-hydrogen) atoms. The SMILES string of the molecule is CC(N)C(c1ccccc1)n1[nH]c(-c2ccncc2)c2cc3ncnc3cc21. The quantitative estimate of drug-likeness (QED) is 0.504. The number of fused-ring (bicyclic) bond motifs is 2. The second-order valence-corrected chi connectivity index (χ2v) is 7.04. The van der Waals surface area contributed by atoms with Gasteiger partial charge in [0.05, 0.1) is 28.3 Å². The highest BCUT2D eigenvalue weighted by molar-refractivity contribution is 6.00. The third-order valence-electron chi connectivity index (χ3n) is 5.13. The minimum atomic E-state index is -0.0963. The first kappa shape index (κ1) is 16.6. The fourth-order valence-corrected chi connectivity index (χ4v) is 3.86. The van der Waals surface area contributed by atoms with Gasteiger partial charge in [0.2, 0.25) is 0 Å². The largest absolute Gasteiger partial charge is 0.326 e. The molecule has 0 spiro atoms. The lowest BCUT2D eigenvalue weighted by Gasteiger charge is -2.24. The van der Waals surface area contributed by atoms with Crippen molar-refractivity contribution in [2.45, 2.75) is 19.0 Å². The summed E-state index contributed by atoms with van der Waals surface area (Å²) >= 11 is 0. The van der Waals surface area contributed by atoms with Crippen molar-refractivity contribution < 1.29 is 0 Å². The Labute approximate surface area is 162 Å². The number of hydrogen-bond acceptors (Lipinski definition) is 4. The minimum absolute atomic E-state index is 0.0420. The molecular formula is C22H20N6. The second kappa shape index (κ2) is 6.58. The Morgan fingerprint density at radius 2 is 1.68 bits per heavy atom. The van der Waals surface area contributed by atoms with Crippen LogP contribution in [0, 0.1) is 0 Å². The van der Waals surface area contributed by atoms with Gasteiger partial charge in [-0.25, -0.2) is 9.97 Å². The number of rotatable bonds is 4. The summed E-state index contributed by atoms with van der Waals surface area (Å²) in [5, 5.41) is 4.69. The van der Waals surface area contributed by atoms with E-state index in [1.165, 1.54) is 0 Å². The van der Waals surface area contributed by atoms with Crippen molar-refractivity contribution in [1.29, 1.82) is 0 Å². The molecule has 0 radical (unpaired) electrons. The van der Waals surface area contributed by atoms with E-state index in [-0.39, 0.29) is 12.1 Å². The average Bonchev–Trinajstić information content (AvgIpc) is 3.32. The molecule has 0 fully saturated rings. The summed E-state index contributed by atoms with van der Waals surface area (Å²) < 4.78 is 2.15. The Bertz CT molecular complexity index is 1240. The van der Waals surface area contributed by atoms with E-state index in [1.54, 1.807) is 18.7 Å². The third kappa shape index (κ3) is 2.66. The topological polar surface area (TPSA) is 85.4 Å². The molecule has 0 bridgehead atoms. The summed E-state index contributed by atoms with van der Waals surface area (Å²) in [7, 11) is 0. The van der Waals surface area contributed by atoms with E-state index in [2.05, 4.69) is 49.0 Å². The zero-order chi connectivity index (χ0) is 19.1. The van der Waals surface area contributed by atoms with Crippen LogP contribution in [-0.2, 0) is 0 Å². The molecule has 5 aromatic rings. The van der Waals surface area contributed by atoms with E-state index in [4.69, 9.17) is 5.73 Å². The molecule has 0 saturated carbocycles. The van der Waals surface area contributed by atoms with Crippen molar-refractivity contribution in [3.8, 4) is 11.3 Å². The van der Waals surface area contributed by atoms with Crippen LogP contribution in [0.4, 0.5) is 0 Å². The molecule has 0 saturated heterocycles. The summed E-state index contributed by atoms with van der Waals surface area (Å²) in [5.74, 6) is 0. The molecule has 6 nitrogen and oxygen atoms in total. The monoisotopic (exact) mass is 368 g/mol. The molecule has 3 heterocycles. The molecule has 3 aromatic heterocycles. The van der Waals surface area contributed by atoms with Gasteiger partial charge < -0.3 is 5.73 Å². The Morgan fingerprint density at radius 1 is 0.964 bits per heavy atom. The lowest BCUT2D eigenvalue weighted by molar-refractivity contribution is 0.467. The van der Waals surface area contributed by atoms with Gasteiger partial charge in [-0.05, 0) is 36.8 Å². The number of benzene rings is 2. The number of nitrogens with zero attached hydrogens (tertiary/aromatic N) is 4. The van der Waals surface area contributed by atoms with Crippen LogP contribution in [0.5, 0.6) is 0 Å². The summed E-state index contributed by atoms with van der Waals surface area (Å²) in [6, 6.07) is 18.4. The van der Waals surface area contributed by atoms with E-state index < -0.39 is 0 Å². The van der Waals surface area contributed by atoms with E-state index in [1.807, 2.05) is 37.3 Å². The smallest absolute Gasteiger partial charge is 0.116 e. The van der Waals surface area contributed by atoms with Gasteiger partial charge in [-0.3, -0.25) is 14.8 Å². The van der Waals surface area contributed by atoms with Gasteiger partial charge in [-0.15, -0.1) is 0 Å². The highest BCUT2D eigenvalue weighted by atomic mass is 15.3. The number of hydrogen-bond donors (Lipinski definition) is 2. The van der Waals surface area contributed by atoms with Crippen LogP contribution in [-0.4, -0.2) is 30.8 Å². The van der Waals surface area contributed by atoms with E-state index in [0.717, 1.165) is 38.8 Å². The maximum absolute atomic E-state index is 6.45. The predicted octanol–water partition coefficient (Wildman–Crippen LogP) is 3.91. The highest BCUT2D eigenvalue weighted by Gasteiger charge is 2.23. The van der Waals surface area contributed by atoms with Gasteiger partial charge in [-0.1, -0.05) is 30.3 Å². The molecule has 2 atom stereocenters. The van der Waals surface area contributed by atoms with Crippen LogP contribution in [0.1, 0.15) is 18.5 Å². The first-order valence-corrected chi connectivity index (χ1v) is 9.28. The number of H-pyrrole nitrogens is 1. The summed E-state index contributed by atoms with van der Waals surface area (Å²) in [4.78, 5) is 12.9. The Morgan fingerprint density at radius 3 is 2.39 bits per heavy atom. The Kier molecular flexibility index (Phi) is 3.91. The maximum atomic E-state index is 6.45. The zero-order valence-electron chi connectivity index (χ0n) is 15.4. The zero-order valence-corrected chi connectivity index (χ0v) is 15.4. The third-order valence-corrected chi connectivity index (χ3v) is 5.13. The predicted molar refractivity (Wildman–Crippen MR) is 111 cm³/mol. The number of pyridine rings is 1. The van der Waals surface area contributed by atoms with Gasteiger partial charge in [0.15, 0.2) is 0 Å². The van der Waals surface area contributed by atoms with E-state index >= 15 is 0 Å². The van der Waals surface area contributed by atoms with Crippen molar-refractivity contribution in [3.63, 3.8) is 0 Å². The second-order valence-electron chi connectivity index (χ2n) is 7.04. The molecule has 138 valence electrons. The van der Waals surface area contributed by atoms with Crippen molar-refractivity contribution in [1.82, 2.24) is 24.7 Å². The molecule has 6 heteroatoms. The number of aromatic nitrogens is 5. The van der Waals surface area contributed by atoms with Gasteiger partial charge in [0.25, 0.3) is 0 Å².